The van der Waals surface area contributed by atoms with Crippen LogP contribution in [0.2, 0.25) is 0 Å². The number of rotatable bonds is 2. The van der Waals surface area contributed by atoms with E-state index < -0.39 is 0 Å². The minimum atomic E-state index is -0.00247. The lowest BCUT2D eigenvalue weighted by Gasteiger charge is -2.19. The SMILES string of the molecule is CC(C)c1cc(C(=O)N2CC[C@@H]3CNC[C@@H]3CC2)on1. The van der Waals surface area contributed by atoms with E-state index in [1.54, 1.807) is 6.07 Å². The summed E-state index contributed by atoms with van der Waals surface area (Å²) in [5, 5.41) is 7.43. The van der Waals surface area contributed by atoms with Crippen molar-refractivity contribution in [2.24, 2.45) is 11.8 Å². The van der Waals surface area contributed by atoms with Crippen molar-refractivity contribution in [3.63, 3.8) is 0 Å². The number of fused-ring (bicyclic) bond motifs is 1. The first-order valence-electron chi connectivity index (χ1n) is 7.61. The number of likely N-dealkylation sites (tertiary alicyclic amines) is 1. The van der Waals surface area contributed by atoms with Gasteiger partial charge in [0.25, 0.3) is 5.91 Å². The molecule has 1 aromatic heterocycles. The predicted octanol–water partition coefficient (Wildman–Crippen LogP) is 1.87. The van der Waals surface area contributed by atoms with Crippen LogP contribution >= 0.6 is 0 Å². The first-order valence-corrected chi connectivity index (χ1v) is 7.61. The molecule has 0 saturated carbocycles. The zero-order chi connectivity index (χ0) is 14.1. The van der Waals surface area contributed by atoms with Crippen LogP contribution in [0.1, 0.15) is 48.9 Å². The topological polar surface area (TPSA) is 58.4 Å². The molecule has 5 nitrogen and oxygen atoms in total. The number of amides is 1. The van der Waals surface area contributed by atoms with Crippen molar-refractivity contribution in [1.82, 2.24) is 15.4 Å². The Bertz CT molecular complexity index is 469. The summed E-state index contributed by atoms with van der Waals surface area (Å²) in [7, 11) is 0. The van der Waals surface area contributed by atoms with E-state index in [0.29, 0.717) is 5.76 Å². The maximum atomic E-state index is 12.5. The number of hydrogen-bond donors (Lipinski definition) is 1. The molecule has 0 bridgehead atoms. The molecule has 3 heterocycles. The Kier molecular flexibility index (Phi) is 3.78. The van der Waals surface area contributed by atoms with Crippen LogP contribution in [0, 0.1) is 11.8 Å². The van der Waals surface area contributed by atoms with Gasteiger partial charge in [0.15, 0.2) is 0 Å². The minimum Gasteiger partial charge on any atom is -0.351 e. The maximum absolute atomic E-state index is 12.5. The first kappa shape index (κ1) is 13.6. The summed E-state index contributed by atoms with van der Waals surface area (Å²) in [6.07, 6.45) is 2.18. The fourth-order valence-corrected chi connectivity index (χ4v) is 3.24. The van der Waals surface area contributed by atoms with E-state index in [4.69, 9.17) is 4.52 Å². The third-order valence-electron chi connectivity index (χ3n) is 4.64. The van der Waals surface area contributed by atoms with E-state index in [9.17, 15) is 4.79 Å². The molecule has 2 aliphatic rings. The lowest BCUT2D eigenvalue weighted by atomic mass is 9.92. The van der Waals surface area contributed by atoms with Crippen LogP contribution < -0.4 is 5.32 Å². The highest BCUT2D eigenvalue weighted by atomic mass is 16.5. The van der Waals surface area contributed by atoms with Gasteiger partial charge in [0, 0.05) is 19.2 Å². The number of nitrogens with zero attached hydrogens (tertiary/aromatic N) is 2. The standard InChI is InChI=1S/C15H23N3O2/c1-10(2)13-7-14(20-17-13)15(19)18-5-3-11-8-16-9-12(11)4-6-18/h7,10-12,16H,3-6,8-9H2,1-2H3/t11-,12+. The van der Waals surface area contributed by atoms with E-state index in [2.05, 4.69) is 10.5 Å². The van der Waals surface area contributed by atoms with Gasteiger partial charge >= 0.3 is 0 Å². The van der Waals surface area contributed by atoms with Crippen LogP contribution in [0.15, 0.2) is 10.6 Å². The Balaban J connectivity index is 1.67. The van der Waals surface area contributed by atoms with Gasteiger partial charge in [-0.2, -0.15) is 0 Å². The molecule has 2 aliphatic heterocycles. The largest absolute Gasteiger partial charge is 0.351 e. The molecule has 20 heavy (non-hydrogen) atoms. The van der Waals surface area contributed by atoms with E-state index in [-0.39, 0.29) is 11.8 Å². The van der Waals surface area contributed by atoms with Crippen LogP contribution in [0.3, 0.4) is 0 Å². The van der Waals surface area contributed by atoms with Crippen LogP contribution in [0.5, 0.6) is 0 Å². The normalized spacial score (nSPS) is 26.6. The highest BCUT2D eigenvalue weighted by molar-refractivity contribution is 5.91. The van der Waals surface area contributed by atoms with Crippen LogP contribution in [0.4, 0.5) is 0 Å². The van der Waals surface area contributed by atoms with Gasteiger partial charge in [-0.25, -0.2) is 0 Å². The van der Waals surface area contributed by atoms with Crippen molar-refractivity contribution in [2.45, 2.75) is 32.6 Å². The number of hydrogen-bond acceptors (Lipinski definition) is 4. The fourth-order valence-electron chi connectivity index (χ4n) is 3.24. The summed E-state index contributed by atoms with van der Waals surface area (Å²) in [5.41, 5.74) is 0.851. The number of aromatic nitrogens is 1. The zero-order valence-corrected chi connectivity index (χ0v) is 12.3. The molecular weight excluding hydrogens is 254 g/mol. The summed E-state index contributed by atoms with van der Waals surface area (Å²) >= 11 is 0. The van der Waals surface area contributed by atoms with Gasteiger partial charge in [-0.3, -0.25) is 4.79 Å². The van der Waals surface area contributed by atoms with Gasteiger partial charge in [-0.15, -0.1) is 0 Å². The molecule has 0 aromatic carbocycles. The highest BCUT2D eigenvalue weighted by Gasteiger charge is 2.32. The molecule has 110 valence electrons. The van der Waals surface area contributed by atoms with Gasteiger partial charge in [-0.1, -0.05) is 19.0 Å². The minimum absolute atomic E-state index is 0.00247. The average Bonchev–Trinajstić information content (AvgIpc) is 3.04. The predicted molar refractivity (Wildman–Crippen MR) is 75.6 cm³/mol. The van der Waals surface area contributed by atoms with Crippen molar-refractivity contribution < 1.29 is 9.32 Å². The lowest BCUT2D eigenvalue weighted by Crippen LogP contribution is -2.32. The first-order chi connectivity index (χ1) is 9.65. The van der Waals surface area contributed by atoms with Crippen molar-refractivity contribution >= 4 is 5.91 Å². The van der Waals surface area contributed by atoms with Crippen molar-refractivity contribution in [3.05, 3.63) is 17.5 Å². The van der Waals surface area contributed by atoms with Crippen LogP contribution in [0.25, 0.3) is 0 Å². The Morgan fingerprint density at radius 3 is 2.55 bits per heavy atom. The molecule has 5 heteroatoms. The number of nitrogens with one attached hydrogen (secondary N) is 1. The Morgan fingerprint density at radius 1 is 1.35 bits per heavy atom. The molecule has 0 unspecified atom stereocenters. The molecule has 2 atom stereocenters. The quantitative estimate of drug-likeness (QED) is 0.896. The van der Waals surface area contributed by atoms with Gasteiger partial charge in [0.2, 0.25) is 5.76 Å². The number of carbonyl (C=O) groups excluding carboxylic acids is 1. The monoisotopic (exact) mass is 277 g/mol. The maximum Gasteiger partial charge on any atom is 0.292 e. The molecule has 2 fully saturated rings. The molecular formula is C15H23N3O2. The van der Waals surface area contributed by atoms with E-state index in [0.717, 1.165) is 56.6 Å². The fraction of sp³-hybridized carbons (Fsp3) is 0.733. The second kappa shape index (κ2) is 5.56. The second-order valence-electron chi connectivity index (χ2n) is 6.32. The summed E-state index contributed by atoms with van der Waals surface area (Å²) < 4.78 is 5.22. The van der Waals surface area contributed by atoms with E-state index in [1.165, 1.54) is 0 Å². The number of carbonyl (C=O) groups is 1. The van der Waals surface area contributed by atoms with Crippen LogP contribution in [-0.4, -0.2) is 42.1 Å². The molecule has 0 aliphatic carbocycles. The molecule has 3 rings (SSSR count). The molecule has 1 aromatic rings. The average molecular weight is 277 g/mol. The summed E-state index contributed by atoms with van der Waals surface area (Å²) in [5.74, 6) is 2.13. The molecule has 1 amide bonds. The second-order valence-corrected chi connectivity index (χ2v) is 6.32. The Morgan fingerprint density at radius 2 is 2.00 bits per heavy atom. The Labute approximate surface area is 119 Å². The molecule has 0 radical (unpaired) electrons. The van der Waals surface area contributed by atoms with Gasteiger partial charge < -0.3 is 14.7 Å². The molecule has 2 saturated heterocycles. The highest BCUT2D eigenvalue weighted by Crippen LogP contribution is 2.28. The van der Waals surface area contributed by atoms with Gasteiger partial charge in [0.1, 0.15) is 0 Å². The summed E-state index contributed by atoms with van der Waals surface area (Å²) in [4.78, 5) is 14.4. The lowest BCUT2D eigenvalue weighted by molar-refractivity contribution is 0.0716. The molecule has 1 N–H and O–H groups in total. The van der Waals surface area contributed by atoms with Crippen molar-refractivity contribution in [3.8, 4) is 0 Å². The third-order valence-corrected chi connectivity index (χ3v) is 4.64. The van der Waals surface area contributed by atoms with E-state index >= 15 is 0 Å². The zero-order valence-electron chi connectivity index (χ0n) is 12.3. The summed E-state index contributed by atoms with van der Waals surface area (Å²) in [6, 6.07) is 1.79. The van der Waals surface area contributed by atoms with Crippen molar-refractivity contribution in [2.75, 3.05) is 26.2 Å². The Hall–Kier alpha value is -1.36. The van der Waals surface area contributed by atoms with Gasteiger partial charge in [0.05, 0.1) is 5.69 Å². The molecule has 0 spiro atoms. The van der Waals surface area contributed by atoms with Crippen LogP contribution in [-0.2, 0) is 0 Å². The van der Waals surface area contributed by atoms with Crippen molar-refractivity contribution in [1.29, 1.82) is 0 Å². The summed E-state index contributed by atoms with van der Waals surface area (Å²) in [6.45, 7) is 7.97. The smallest absolute Gasteiger partial charge is 0.292 e. The van der Waals surface area contributed by atoms with E-state index in [1.807, 2.05) is 18.7 Å². The van der Waals surface area contributed by atoms with Gasteiger partial charge in [-0.05, 0) is 43.7 Å². The third kappa shape index (κ3) is 2.59.